The maximum absolute atomic E-state index is 12.3. The smallest absolute Gasteiger partial charge is 0.317 e. The first-order chi connectivity index (χ1) is 11.5. The molecule has 0 saturated carbocycles. The number of nitrogens with one attached hydrogen (secondary N) is 1. The SMILES string of the molecule is CCC1(CO)CCN(C(=O)NCc2ccc(CN(C)C)cc2)CC1. The highest BCUT2D eigenvalue weighted by atomic mass is 16.3. The molecule has 0 spiro atoms. The van der Waals surface area contributed by atoms with Gasteiger partial charge >= 0.3 is 6.03 Å². The normalized spacial score (nSPS) is 17.1. The summed E-state index contributed by atoms with van der Waals surface area (Å²) in [6.07, 6.45) is 2.73. The van der Waals surface area contributed by atoms with Gasteiger partial charge in [0.1, 0.15) is 0 Å². The van der Waals surface area contributed by atoms with Crippen molar-refractivity contribution >= 4 is 6.03 Å². The van der Waals surface area contributed by atoms with Gasteiger partial charge < -0.3 is 20.2 Å². The zero-order valence-electron chi connectivity index (χ0n) is 15.2. The molecule has 2 amide bonds. The molecule has 0 atom stereocenters. The molecule has 1 aromatic carbocycles. The molecule has 0 aromatic heterocycles. The van der Waals surface area contributed by atoms with Crippen molar-refractivity contribution in [3.05, 3.63) is 35.4 Å². The number of urea groups is 1. The largest absolute Gasteiger partial charge is 0.396 e. The van der Waals surface area contributed by atoms with Crippen LogP contribution in [-0.2, 0) is 13.1 Å². The third kappa shape index (κ3) is 4.95. The van der Waals surface area contributed by atoms with Gasteiger partial charge in [-0.3, -0.25) is 0 Å². The van der Waals surface area contributed by atoms with Crippen LogP contribution in [0.25, 0.3) is 0 Å². The lowest BCUT2D eigenvalue weighted by molar-refractivity contribution is 0.0519. The van der Waals surface area contributed by atoms with Crippen LogP contribution in [0.15, 0.2) is 24.3 Å². The van der Waals surface area contributed by atoms with Crippen molar-refractivity contribution in [2.45, 2.75) is 39.3 Å². The summed E-state index contributed by atoms with van der Waals surface area (Å²) in [5.41, 5.74) is 2.39. The average molecular weight is 333 g/mol. The van der Waals surface area contributed by atoms with Crippen LogP contribution in [0.2, 0.25) is 0 Å². The predicted octanol–water partition coefficient (Wildman–Crippen LogP) is 2.44. The fourth-order valence-electron chi connectivity index (χ4n) is 3.22. The minimum absolute atomic E-state index is 0.00462. The number of benzene rings is 1. The first-order valence-electron chi connectivity index (χ1n) is 8.84. The molecule has 5 heteroatoms. The summed E-state index contributed by atoms with van der Waals surface area (Å²) < 4.78 is 0. The summed E-state index contributed by atoms with van der Waals surface area (Å²) in [6, 6.07) is 8.36. The molecule has 2 N–H and O–H groups in total. The van der Waals surface area contributed by atoms with E-state index in [1.807, 2.05) is 4.90 Å². The van der Waals surface area contributed by atoms with Gasteiger partial charge in [0.25, 0.3) is 0 Å². The number of piperidine rings is 1. The number of carbonyl (C=O) groups excluding carboxylic acids is 1. The van der Waals surface area contributed by atoms with Gasteiger partial charge in [-0.1, -0.05) is 31.2 Å². The van der Waals surface area contributed by atoms with Crippen LogP contribution < -0.4 is 5.32 Å². The summed E-state index contributed by atoms with van der Waals surface area (Å²) in [5, 5.41) is 12.6. The van der Waals surface area contributed by atoms with Crippen LogP contribution in [-0.4, -0.2) is 54.7 Å². The molecule has 0 unspecified atom stereocenters. The lowest BCUT2D eigenvalue weighted by Gasteiger charge is -2.40. The van der Waals surface area contributed by atoms with E-state index in [-0.39, 0.29) is 18.1 Å². The van der Waals surface area contributed by atoms with Gasteiger partial charge in [-0.05, 0) is 49.9 Å². The molecule has 5 nitrogen and oxygen atoms in total. The Hall–Kier alpha value is -1.59. The molecule has 1 saturated heterocycles. The van der Waals surface area contributed by atoms with Gasteiger partial charge in [0.2, 0.25) is 0 Å². The van der Waals surface area contributed by atoms with Crippen LogP contribution in [0.1, 0.15) is 37.3 Å². The molecule has 24 heavy (non-hydrogen) atoms. The molecule has 2 rings (SSSR count). The monoisotopic (exact) mass is 333 g/mol. The van der Waals surface area contributed by atoms with Gasteiger partial charge in [0.05, 0.1) is 0 Å². The molecule has 1 heterocycles. The van der Waals surface area contributed by atoms with Crippen LogP contribution in [0, 0.1) is 5.41 Å². The summed E-state index contributed by atoms with van der Waals surface area (Å²) in [6.45, 7) is 5.26. The van der Waals surface area contributed by atoms with Crippen LogP contribution in [0.4, 0.5) is 4.79 Å². The number of hydrogen-bond acceptors (Lipinski definition) is 3. The number of aliphatic hydroxyl groups excluding tert-OH is 1. The topological polar surface area (TPSA) is 55.8 Å². The molecule has 1 aliphatic rings. The Morgan fingerprint density at radius 3 is 2.29 bits per heavy atom. The van der Waals surface area contributed by atoms with Gasteiger partial charge in [0.15, 0.2) is 0 Å². The van der Waals surface area contributed by atoms with E-state index in [0.717, 1.165) is 44.5 Å². The Balaban J connectivity index is 1.79. The second kappa shape index (κ2) is 8.49. The Labute approximate surface area is 145 Å². The lowest BCUT2D eigenvalue weighted by atomic mass is 9.77. The third-order valence-corrected chi connectivity index (χ3v) is 5.16. The highest BCUT2D eigenvalue weighted by molar-refractivity contribution is 5.74. The minimum atomic E-state index is -0.00462. The number of aliphatic hydroxyl groups is 1. The van der Waals surface area contributed by atoms with Crippen molar-refractivity contribution in [1.82, 2.24) is 15.1 Å². The standard InChI is InChI=1S/C19H31N3O2/c1-4-19(15-23)9-11-22(12-10-19)18(24)20-13-16-5-7-17(8-6-16)14-21(2)3/h5-8,23H,4,9-15H2,1-3H3,(H,20,24). The van der Waals surface area contributed by atoms with Gasteiger partial charge in [-0.2, -0.15) is 0 Å². The van der Waals surface area contributed by atoms with E-state index >= 15 is 0 Å². The quantitative estimate of drug-likeness (QED) is 0.841. The fraction of sp³-hybridized carbons (Fsp3) is 0.632. The number of hydrogen-bond donors (Lipinski definition) is 2. The predicted molar refractivity (Wildman–Crippen MR) is 96.7 cm³/mol. The summed E-state index contributed by atoms with van der Waals surface area (Å²) in [4.78, 5) is 16.3. The number of rotatable bonds is 6. The zero-order chi connectivity index (χ0) is 17.6. The van der Waals surface area contributed by atoms with Crippen molar-refractivity contribution < 1.29 is 9.90 Å². The van der Waals surface area contributed by atoms with Crippen molar-refractivity contribution in [2.24, 2.45) is 5.41 Å². The van der Waals surface area contributed by atoms with E-state index in [9.17, 15) is 9.90 Å². The number of nitrogens with zero attached hydrogens (tertiary/aromatic N) is 2. The molecule has 0 aliphatic carbocycles. The van der Waals surface area contributed by atoms with Crippen molar-refractivity contribution in [1.29, 1.82) is 0 Å². The van der Waals surface area contributed by atoms with Crippen molar-refractivity contribution in [3.8, 4) is 0 Å². The Morgan fingerprint density at radius 2 is 1.79 bits per heavy atom. The zero-order valence-corrected chi connectivity index (χ0v) is 15.2. The summed E-state index contributed by atoms with van der Waals surface area (Å²) >= 11 is 0. The van der Waals surface area contributed by atoms with Gasteiger partial charge in [-0.25, -0.2) is 4.79 Å². The average Bonchev–Trinajstić information content (AvgIpc) is 2.60. The molecule has 1 fully saturated rings. The summed E-state index contributed by atoms with van der Waals surface area (Å²) in [7, 11) is 4.10. The van der Waals surface area contributed by atoms with Gasteiger partial charge in [0, 0.05) is 32.8 Å². The molecule has 1 aliphatic heterocycles. The molecule has 0 radical (unpaired) electrons. The Bertz CT molecular complexity index is 514. The minimum Gasteiger partial charge on any atom is -0.396 e. The van der Waals surface area contributed by atoms with E-state index in [1.54, 1.807) is 0 Å². The van der Waals surface area contributed by atoms with Crippen LogP contribution in [0.5, 0.6) is 0 Å². The Morgan fingerprint density at radius 1 is 1.21 bits per heavy atom. The van der Waals surface area contributed by atoms with E-state index in [1.165, 1.54) is 5.56 Å². The summed E-state index contributed by atoms with van der Waals surface area (Å²) in [5.74, 6) is 0. The van der Waals surface area contributed by atoms with Crippen LogP contribution in [0.3, 0.4) is 0 Å². The van der Waals surface area contributed by atoms with Crippen LogP contribution >= 0.6 is 0 Å². The highest BCUT2D eigenvalue weighted by Crippen LogP contribution is 2.34. The second-order valence-electron chi connectivity index (χ2n) is 7.21. The van der Waals surface area contributed by atoms with E-state index in [0.29, 0.717) is 6.54 Å². The third-order valence-electron chi connectivity index (χ3n) is 5.16. The molecule has 0 bridgehead atoms. The Kier molecular flexibility index (Phi) is 6.63. The first-order valence-corrected chi connectivity index (χ1v) is 8.84. The first kappa shape index (κ1) is 18.7. The van der Waals surface area contributed by atoms with Crippen molar-refractivity contribution in [2.75, 3.05) is 33.8 Å². The molecule has 134 valence electrons. The van der Waals surface area contributed by atoms with Gasteiger partial charge in [-0.15, -0.1) is 0 Å². The molecular weight excluding hydrogens is 302 g/mol. The lowest BCUT2D eigenvalue weighted by Crippen LogP contribution is -2.48. The number of likely N-dealkylation sites (tertiary alicyclic amines) is 1. The highest BCUT2D eigenvalue weighted by Gasteiger charge is 2.33. The maximum atomic E-state index is 12.3. The fourth-order valence-corrected chi connectivity index (χ4v) is 3.22. The van der Waals surface area contributed by atoms with E-state index in [2.05, 4.69) is 55.5 Å². The molecular formula is C19H31N3O2. The van der Waals surface area contributed by atoms with E-state index < -0.39 is 0 Å². The second-order valence-corrected chi connectivity index (χ2v) is 7.21. The maximum Gasteiger partial charge on any atom is 0.317 e. The number of carbonyl (C=O) groups is 1. The molecule has 1 aromatic rings. The van der Waals surface area contributed by atoms with Crippen molar-refractivity contribution in [3.63, 3.8) is 0 Å². The van der Waals surface area contributed by atoms with E-state index in [4.69, 9.17) is 0 Å². The number of amides is 2.